The number of hydrogen-bond donors (Lipinski definition) is 1. The average Bonchev–Trinajstić information content (AvgIpc) is 2.98. The molecule has 0 atom stereocenters. The van der Waals surface area contributed by atoms with Gasteiger partial charge in [-0.2, -0.15) is 18.2 Å². The molecule has 0 aliphatic carbocycles. The van der Waals surface area contributed by atoms with Crippen LogP contribution in [-0.2, 0) is 17.4 Å². The molecule has 2 aromatic rings. The Balaban J connectivity index is 1.94. The molecule has 0 saturated carbocycles. The van der Waals surface area contributed by atoms with Crippen LogP contribution in [0.15, 0.2) is 28.8 Å². The van der Waals surface area contributed by atoms with Crippen molar-refractivity contribution < 1.29 is 22.5 Å². The van der Waals surface area contributed by atoms with Crippen LogP contribution >= 0.6 is 0 Å². The zero-order valence-corrected chi connectivity index (χ0v) is 12.5. The number of benzene rings is 1. The monoisotopic (exact) mass is 327 g/mol. The van der Waals surface area contributed by atoms with Crippen LogP contribution in [0.3, 0.4) is 0 Å². The third kappa shape index (κ3) is 4.80. The Kier molecular flexibility index (Phi) is 5.36. The van der Waals surface area contributed by atoms with Crippen molar-refractivity contribution in [1.29, 1.82) is 0 Å². The van der Waals surface area contributed by atoms with E-state index in [1.165, 1.54) is 0 Å². The molecule has 0 fully saturated rings. The van der Waals surface area contributed by atoms with Crippen molar-refractivity contribution in [3.63, 3.8) is 0 Å². The molecule has 0 saturated heterocycles. The number of carbonyl (C=O) groups is 1. The maximum Gasteiger partial charge on any atom is 0.471 e. The van der Waals surface area contributed by atoms with Crippen LogP contribution in [0.25, 0.3) is 11.4 Å². The minimum atomic E-state index is -4.65. The topological polar surface area (TPSA) is 68.0 Å². The van der Waals surface area contributed by atoms with Crippen molar-refractivity contribution in [2.45, 2.75) is 32.4 Å². The van der Waals surface area contributed by atoms with Crippen LogP contribution in [-0.4, -0.2) is 22.6 Å². The summed E-state index contributed by atoms with van der Waals surface area (Å²) in [6.07, 6.45) is -2.72. The van der Waals surface area contributed by atoms with Gasteiger partial charge in [-0.05, 0) is 18.4 Å². The SMILES string of the molecule is CCCC(=O)NCCc1ccc(-c2noc(C(F)(F)F)n2)cc1. The molecule has 0 aliphatic heterocycles. The second-order valence-electron chi connectivity index (χ2n) is 4.97. The van der Waals surface area contributed by atoms with Crippen LogP contribution in [0.4, 0.5) is 13.2 Å². The molecule has 0 bridgehead atoms. The minimum Gasteiger partial charge on any atom is -0.356 e. The minimum absolute atomic E-state index is 0.00981. The van der Waals surface area contributed by atoms with Gasteiger partial charge in [-0.1, -0.05) is 36.3 Å². The molecule has 1 heterocycles. The number of nitrogens with one attached hydrogen (secondary N) is 1. The van der Waals surface area contributed by atoms with Crippen LogP contribution in [0, 0.1) is 0 Å². The van der Waals surface area contributed by atoms with E-state index in [9.17, 15) is 18.0 Å². The Hall–Kier alpha value is -2.38. The standard InChI is InChI=1S/C15H16F3N3O2/c1-2-3-12(22)19-9-8-10-4-6-11(7-5-10)13-20-14(23-21-13)15(16,17)18/h4-7H,2-3,8-9H2,1H3,(H,19,22). The van der Waals surface area contributed by atoms with E-state index in [4.69, 9.17) is 0 Å². The first-order chi connectivity index (χ1) is 10.9. The lowest BCUT2D eigenvalue weighted by Gasteiger charge is -2.05. The molecule has 1 aromatic heterocycles. The van der Waals surface area contributed by atoms with Gasteiger partial charge < -0.3 is 9.84 Å². The van der Waals surface area contributed by atoms with E-state index in [-0.39, 0.29) is 11.7 Å². The molecular formula is C15H16F3N3O2. The molecule has 0 aliphatic rings. The summed E-state index contributed by atoms with van der Waals surface area (Å²) in [4.78, 5) is 14.7. The summed E-state index contributed by atoms with van der Waals surface area (Å²) in [6, 6.07) is 6.75. The van der Waals surface area contributed by atoms with Gasteiger partial charge in [0.15, 0.2) is 0 Å². The average molecular weight is 327 g/mol. The van der Waals surface area contributed by atoms with Gasteiger partial charge >= 0.3 is 12.1 Å². The molecule has 1 aromatic carbocycles. The van der Waals surface area contributed by atoms with E-state index in [0.717, 1.165) is 12.0 Å². The van der Waals surface area contributed by atoms with E-state index in [1.54, 1.807) is 24.3 Å². The lowest BCUT2D eigenvalue weighted by Crippen LogP contribution is -2.25. The van der Waals surface area contributed by atoms with Crippen LogP contribution in [0.5, 0.6) is 0 Å². The maximum absolute atomic E-state index is 12.4. The first kappa shape index (κ1) is 17.0. The Bertz CT molecular complexity index is 651. The van der Waals surface area contributed by atoms with Crippen molar-refractivity contribution in [3.8, 4) is 11.4 Å². The van der Waals surface area contributed by atoms with Crippen molar-refractivity contribution in [2.75, 3.05) is 6.54 Å². The fourth-order valence-corrected chi connectivity index (χ4v) is 1.94. The lowest BCUT2D eigenvalue weighted by molar-refractivity contribution is -0.159. The van der Waals surface area contributed by atoms with E-state index >= 15 is 0 Å². The third-order valence-corrected chi connectivity index (χ3v) is 3.09. The fraction of sp³-hybridized carbons (Fsp3) is 0.400. The van der Waals surface area contributed by atoms with Crippen molar-refractivity contribution in [2.24, 2.45) is 0 Å². The van der Waals surface area contributed by atoms with Gasteiger partial charge in [0.1, 0.15) is 0 Å². The second-order valence-corrected chi connectivity index (χ2v) is 4.97. The summed E-state index contributed by atoms with van der Waals surface area (Å²) in [5, 5.41) is 6.12. The van der Waals surface area contributed by atoms with Gasteiger partial charge in [-0.25, -0.2) is 0 Å². The lowest BCUT2D eigenvalue weighted by atomic mass is 10.1. The summed E-state index contributed by atoms with van der Waals surface area (Å²) < 4.78 is 41.4. The Morgan fingerprint density at radius 2 is 1.96 bits per heavy atom. The maximum atomic E-state index is 12.4. The molecule has 124 valence electrons. The van der Waals surface area contributed by atoms with Gasteiger partial charge in [-0.3, -0.25) is 4.79 Å². The number of halogens is 3. The zero-order chi connectivity index (χ0) is 16.9. The second kappa shape index (κ2) is 7.26. The molecule has 2 rings (SSSR count). The van der Waals surface area contributed by atoms with Gasteiger partial charge in [-0.15, -0.1) is 0 Å². The number of hydrogen-bond acceptors (Lipinski definition) is 4. The van der Waals surface area contributed by atoms with E-state index < -0.39 is 12.1 Å². The normalized spacial score (nSPS) is 11.5. The molecule has 1 amide bonds. The highest BCUT2D eigenvalue weighted by Crippen LogP contribution is 2.29. The quantitative estimate of drug-likeness (QED) is 0.884. The number of rotatable bonds is 6. The van der Waals surface area contributed by atoms with Gasteiger partial charge in [0, 0.05) is 18.5 Å². The molecule has 0 unspecified atom stereocenters. The zero-order valence-electron chi connectivity index (χ0n) is 12.5. The first-order valence-corrected chi connectivity index (χ1v) is 7.17. The van der Waals surface area contributed by atoms with Crippen LogP contribution in [0.1, 0.15) is 31.2 Å². The Labute approximate surface area is 130 Å². The predicted octanol–water partition coefficient (Wildman–Crippen LogP) is 3.21. The summed E-state index contributed by atoms with van der Waals surface area (Å²) >= 11 is 0. The highest BCUT2D eigenvalue weighted by Gasteiger charge is 2.38. The summed E-state index contributed by atoms with van der Waals surface area (Å²) in [5.41, 5.74) is 1.38. The van der Waals surface area contributed by atoms with Gasteiger partial charge in [0.25, 0.3) is 0 Å². The van der Waals surface area contributed by atoms with Crippen molar-refractivity contribution >= 4 is 5.91 Å². The summed E-state index contributed by atoms with van der Waals surface area (Å²) in [5.74, 6) is -1.47. The molecule has 0 spiro atoms. The summed E-state index contributed by atoms with van der Waals surface area (Å²) in [7, 11) is 0. The molecular weight excluding hydrogens is 311 g/mol. The number of aromatic nitrogens is 2. The van der Waals surface area contributed by atoms with Crippen LogP contribution < -0.4 is 5.32 Å². The molecule has 1 N–H and O–H groups in total. The highest BCUT2D eigenvalue weighted by molar-refractivity contribution is 5.75. The molecule has 5 nitrogen and oxygen atoms in total. The van der Waals surface area contributed by atoms with E-state index in [0.29, 0.717) is 24.9 Å². The molecule has 23 heavy (non-hydrogen) atoms. The molecule has 8 heteroatoms. The third-order valence-electron chi connectivity index (χ3n) is 3.09. The van der Waals surface area contributed by atoms with Gasteiger partial charge in [0.2, 0.25) is 11.7 Å². The number of carbonyl (C=O) groups excluding carboxylic acids is 1. The number of amides is 1. The smallest absolute Gasteiger partial charge is 0.356 e. The van der Waals surface area contributed by atoms with Crippen molar-refractivity contribution in [1.82, 2.24) is 15.5 Å². The van der Waals surface area contributed by atoms with E-state index in [1.807, 2.05) is 6.92 Å². The highest BCUT2D eigenvalue weighted by atomic mass is 19.4. The largest absolute Gasteiger partial charge is 0.471 e. The summed E-state index contributed by atoms with van der Waals surface area (Å²) in [6.45, 7) is 2.44. The first-order valence-electron chi connectivity index (χ1n) is 7.17. The fourth-order valence-electron chi connectivity index (χ4n) is 1.94. The Morgan fingerprint density at radius 3 is 2.52 bits per heavy atom. The van der Waals surface area contributed by atoms with E-state index in [2.05, 4.69) is 20.0 Å². The molecule has 0 radical (unpaired) electrons. The number of nitrogens with zero attached hydrogens (tertiary/aromatic N) is 2. The van der Waals surface area contributed by atoms with Gasteiger partial charge in [0.05, 0.1) is 0 Å². The van der Waals surface area contributed by atoms with Crippen molar-refractivity contribution in [3.05, 3.63) is 35.7 Å². The van der Waals surface area contributed by atoms with Crippen LogP contribution in [0.2, 0.25) is 0 Å². The Morgan fingerprint density at radius 1 is 1.26 bits per heavy atom. The predicted molar refractivity (Wildman–Crippen MR) is 76.4 cm³/mol. The number of alkyl halides is 3.